The second-order valence-electron chi connectivity index (χ2n) is 6.89. The van der Waals surface area contributed by atoms with Crippen LogP contribution in [0.3, 0.4) is 0 Å². The zero-order chi connectivity index (χ0) is 17.6. The number of hydrogen-bond donors (Lipinski definition) is 0. The van der Waals surface area contributed by atoms with Crippen molar-refractivity contribution >= 4 is 11.7 Å². The third kappa shape index (κ3) is 4.13. The summed E-state index contributed by atoms with van der Waals surface area (Å²) in [4.78, 5) is 14.4. The van der Waals surface area contributed by atoms with Crippen LogP contribution in [0.2, 0.25) is 0 Å². The van der Waals surface area contributed by atoms with Crippen LogP contribution in [0.25, 0.3) is 0 Å². The maximum absolute atomic E-state index is 4.74. The Kier molecular flexibility index (Phi) is 5.29. The minimum absolute atomic E-state index is 0.924. The molecule has 0 saturated heterocycles. The van der Waals surface area contributed by atoms with Crippen LogP contribution in [0.4, 0.5) is 0 Å². The second kappa shape index (κ2) is 8.17. The molecule has 4 nitrogen and oxygen atoms in total. The molecule has 4 rings (SSSR count). The van der Waals surface area contributed by atoms with E-state index in [1.54, 1.807) is 0 Å². The maximum Gasteiger partial charge on any atom is 0.103 e. The van der Waals surface area contributed by atoms with Crippen LogP contribution in [0.1, 0.15) is 11.1 Å². The molecule has 4 heteroatoms. The Morgan fingerprint density at radius 2 is 1.04 bits per heavy atom. The zero-order valence-electron chi connectivity index (χ0n) is 15.2. The number of nitrogens with zero attached hydrogens (tertiary/aromatic N) is 4. The Morgan fingerprint density at radius 1 is 0.615 bits per heavy atom. The van der Waals surface area contributed by atoms with Gasteiger partial charge in [-0.1, -0.05) is 60.7 Å². The molecule has 26 heavy (non-hydrogen) atoms. The molecule has 0 bridgehead atoms. The summed E-state index contributed by atoms with van der Waals surface area (Å²) in [7, 11) is 0. The minimum Gasteiger partial charge on any atom is -0.356 e. The average molecular weight is 346 g/mol. The molecule has 2 aliphatic heterocycles. The number of hydrogen-bond acceptors (Lipinski definition) is 4. The molecule has 0 unspecified atom stereocenters. The van der Waals surface area contributed by atoms with Gasteiger partial charge in [-0.3, -0.25) is 9.98 Å². The van der Waals surface area contributed by atoms with Crippen LogP contribution in [0.15, 0.2) is 70.6 Å². The van der Waals surface area contributed by atoms with E-state index in [0.29, 0.717) is 0 Å². The first-order valence-corrected chi connectivity index (χ1v) is 9.53. The molecule has 0 atom stereocenters. The maximum atomic E-state index is 4.74. The van der Waals surface area contributed by atoms with Gasteiger partial charge in [-0.2, -0.15) is 0 Å². The van der Waals surface area contributed by atoms with E-state index in [9.17, 15) is 0 Å². The Hall–Kier alpha value is -2.62. The lowest BCUT2D eigenvalue weighted by molar-refractivity contribution is 0.365. The fraction of sp³-hybridized carbons (Fsp3) is 0.364. The SMILES string of the molecule is c1ccc(CC2=NCCN2CCN2CCN=C2Cc2ccccc2)cc1. The lowest BCUT2D eigenvalue weighted by Crippen LogP contribution is -2.39. The van der Waals surface area contributed by atoms with Crippen molar-refractivity contribution in [1.29, 1.82) is 0 Å². The van der Waals surface area contributed by atoms with Crippen molar-refractivity contribution in [2.24, 2.45) is 9.98 Å². The van der Waals surface area contributed by atoms with E-state index in [2.05, 4.69) is 70.5 Å². The van der Waals surface area contributed by atoms with Crippen LogP contribution >= 0.6 is 0 Å². The molecule has 0 radical (unpaired) electrons. The lowest BCUT2D eigenvalue weighted by atomic mass is 10.1. The van der Waals surface area contributed by atoms with Crippen molar-refractivity contribution in [3.8, 4) is 0 Å². The first-order chi connectivity index (χ1) is 12.9. The fourth-order valence-corrected chi connectivity index (χ4v) is 3.67. The summed E-state index contributed by atoms with van der Waals surface area (Å²) in [5.74, 6) is 2.47. The summed E-state index contributed by atoms with van der Waals surface area (Å²) in [6, 6.07) is 21.3. The molecule has 0 aliphatic carbocycles. The van der Waals surface area contributed by atoms with E-state index >= 15 is 0 Å². The summed E-state index contributed by atoms with van der Waals surface area (Å²) in [6.07, 6.45) is 1.87. The number of amidine groups is 2. The molecule has 2 aromatic rings. The van der Waals surface area contributed by atoms with Gasteiger partial charge in [0.2, 0.25) is 0 Å². The highest BCUT2D eigenvalue weighted by Gasteiger charge is 2.21. The van der Waals surface area contributed by atoms with Gasteiger partial charge in [0.05, 0.1) is 13.1 Å². The van der Waals surface area contributed by atoms with Gasteiger partial charge < -0.3 is 9.80 Å². The van der Waals surface area contributed by atoms with E-state index in [4.69, 9.17) is 9.98 Å². The lowest BCUT2D eigenvalue weighted by Gasteiger charge is -2.26. The van der Waals surface area contributed by atoms with Crippen LogP contribution < -0.4 is 0 Å². The van der Waals surface area contributed by atoms with Crippen LogP contribution in [-0.2, 0) is 12.8 Å². The van der Waals surface area contributed by atoms with E-state index < -0.39 is 0 Å². The normalized spacial score (nSPS) is 16.8. The van der Waals surface area contributed by atoms with Crippen LogP contribution in [0, 0.1) is 0 Å². The molecular formula is C22H26N4. The zero-order valence-corrected chi connectivity index (χ0v) is 15.2. The van der Waals surface area contributed by atoms with Crippen LogP contribution in [0.5, 0.6) is 0 Å². The van der Waals surface area contributed by atoms with Gasteiger partial charge in [0.1, 0.15) is 11.7 Å². The molecule has 0 aromatic heterocycles. The Labute approximate surface area is 155 Å². The molecule has 0 N–H and O–H groups in total. The molecule has 2 heterocycles. The highest BCUT2D eigenvalue weighted by molar-refractivity contribution is 5.87. The molecule has 0 spiro atoms. The van der Waals surface area contributed by atoms with E-state index in [-0.39, 0.29) is 0 Å². The van der Waals surface area contributed by atoms with Crippen molar-refractivity contribution < 1.29 is 0 Å². The average Bonchev–Trinajstić information content (AvgIpc) is 3.31. The third-order valence-corrected chi connectivity index (χ3v) is 5.11. The van der Waals surface area contributed by atoms with Gasteiger partial charge in [-0.05, 0) is 11.1 Å². The fourth-order valence-electron chi connectivity index (χ4n) is 3.67. The molecule has 0 saturated carbocycles. The summed E-state index contributed by atoms with van der Waals surface area (Å²) in [5.41, 5.74) is 2.68. The quantitative estimate of drug-likeness (QED) is 0.772. The Balaban J connectivity index is 1.32. The summed E-state index contributed by atoms with van der Waals surface area (Å²) >= 11 is 0. The minimum atomic E-state index is 0.924. The largest absolute Gasteiger partial charge is 0.356 e. The summed E-state index contributed by atoms with van der Waals surface area (Å²) < 4.78 is 0. The second-order valence-corrected chi connectivity index (χ2v) is 6.89. The predicted molar refractivity (Wildman–Crippen MR) is 108 cm³/mol. The highest BCUT2D eigenvalue weighted by atomic mass is 15.3. The topological polar surface area (TPSA) is 31.2 Å². The molecule has 2 aromatic carbocycles. The molecule has 0 fully saturated rings. The summed E-state index contributed by atoms with van der Waals surface area (Å²) in [6.45, 7) is 5.99. The molecule has 134 valence electrons. The monoisotopic (exact) mass is 346 g/mol. The van der Waals surface area contributed by atoms with Crippen LogP contribution in [-0.4, -0.2) is 60.7 Å². The number of aliphatic imine (C=N–C) groups is 2. The van der Waals surface area contributed by atoms with Crippen molar-refractivity contribution in [1.82, 2.24) is 9.80 Å². The van der Waals surface area contributed by atoms with Gasteiger partial charge in [0.15, 0.2) is 0 Å². The Morgan fingerprint density at radius 3 is 1.46 bits per heavy atom. The van der Waals surface area contributed by atoms with Gasteiger partial charge in [0, 0.05) is 39.0 Å². The molecule has 0 amide bonds. The van der Waals surface area contributed by atoms with Gasteiger partial charge in [-0.25, -0.2) is 0 Å². The molecule has 2 aliphatic rings. The Bertz CT molecular complexity index is 700. The van der Waals surface area contributed by atoms with Gasteiger partial charge >= 0.3 is 0 Å². The highest BCUT2D eigenvalue weighted by Crippen LogP contribution is 2.12. The third-order valence-electron chi connectivity index (χ3n) is 5.11. The standard InChI is InChI=1S/C22H26N4/c1-3-7-19(8-4-1)17-21-23-11-13-25(21)15-16-26-14-12-24-22(26)18-20-9-5-2-6-10-20/h1-10H,11-18H2. The van der Waals surface area contributed by atoms with Crippen molar-refractivity contribution in [2.45, 2.75) is 12.8 Å². The predicted octanol–water partition coefficient (Wildman–Crippen LogP) is 2.90. The van der Waals surface area contributed by atoms with Gasteiger partial charge in [-0.15, -0.1) is 0 Å². The number of rotatable bonds is 7. The van der Waals surface area contributed by atoms with Crippen molar-refractivity contribution in [3.05, 3.63) is 71.8 Å². The van der Waals surface area contributed by atoms with E-state index in [1.807, 2.05) is 0 Å². The van der Waals surface area contributed by atoms with E-state index in [0.717, 1.165) is 52.1 Å². The first kappa shape index (κ1) is 16.8. The molecular weight excluding hydrogens is 320 g/mol. The van der Waals surface area contributed by atoms with Gasteiger partial charge in [0.25, 0.3) is 0 Å². The first-order valence-electron chi connectivity index (χ1n) is 9.53. The summed E-state index contributed by atoms with van der Waals surface area (Å²) in [5, 5.41) is 0. The van der Waals surface area contributed by atoms with E-state index in [1.165, 1.54) is 22.8 Å². The van der Waals surface area contributed by atoms with Crippen molar-refractivity contribution in [3.63, 3.8) is 0 Å². The van der Waals surface area contributed by atoms with Crippen molar-refractivity contribution in [2.75, 3.05) is 39.3 Å². The number of benzene rings is 2. The smallest absolute Gasteiger partial charge is 0.103 e.